The van der Waals surface area contributed by atoms with Crippen molar-refractivity contribution in [3.63, 3.8) is 0 Å². The average molecular weight is 380 g/mol. The highest BCUT2D eigenvalue weighted by Crippen LogP contribution is 2.34. The summed E-state index contributed by atoms with van der Waals surface area (Å²) in [6.07, 6.45) is 6.24. The lowest BCUT2D eigenvalue weighted by atomic mass is 9.85. The van der Waals surface area contributed by atoms with Gasteiger partial charge in [-0.1, -0.05) is 0 Å². The van der Waals surface area contributed by atoms with E-state index < -0.39 is 0 Å². The molecule has 28 heavy (non-hydrogen) atoms. The molecule has 148 valence electrons. The Kier molecular flexibility index (Phi) is 5.09. The molecular weight excluding hydrogens is 352 g/mol. The van der Waals surface area contributed by atoms with E-state index in [9.17, 15) is 0 Å². The largest absolute Gasteiger partial charge is 0.494 e. The number of nitrogens with zero attached hydrogens (tertiary/aromatic N) is 3. The molecule has 0 amide bonds. The summed E-state index contributed by atoms with van der Waals surface area (Å²) < 4.78 is 7.31. The van der Waals surface area contributed by atoms with Crippen LogP contribution >= 0.6 is 0 Å². The number of ether oxygens (including phenoxy) is 1. The Hall–Kier alpha value is -2.80. The number of nitrogen functional groups attached to an aromatic ring is 1. The predicted octanol–water partition coefficient (Wildman–Crippen LogP) is 3.75. The Morgan fingerprint density at radius 3 is 2.57 bits per heavy atom. The number of fused-ring (bicyclic) bond motifs is 1. The van der Waals surface area contributed by atoms with Crippen LogP contribution in [0.1, 0.15) is 49.8 Å². The Bertz CT molecular complexity index is 957. The van der Waals surface area contributed by atoms with Crippen molar-refractivity contribution in [1.29, 1.82) is 0 Å². The van der Waals surface area contributed by atoms with E-state index in [-0.39, 0.29) is 0 Å². The lowest BCUT2D eigenvalue weighted by Crippen LogP contribution is -2.25. The summed E-state index contributed by atoms with van der Waals surface area (Å²) in [7, 11) is 0. The van der Waals surface area contributed by atoms with Crippen LogP contribution in [0, 0.1) is 6.92 Å². The normalized spacial score (nSPS) is 19.7. The molecule has 2 heterocycles. The van der Waals surface area contributed by atoms with Gasteiger partial charge in [0.15, 0.2) is 5.65 Å². The van der Waals surface area contributed by atoms with Crippen LogP contribution in [0.3, 0.4) is 0 Å². The number of nitrogens with one attached hydrogen (secondary N) is 1. The van der Waals surface area contributed by atoms with Crippen molar-refractivity contribution in [2.75, 3.05) is 17.7 Å². The molecule has 7 heteroatoms. The summed E-state index contributed by atoms with van der Waals surface area (Å²) in [5.41, 5.74) is 16.8. The van der Waals surface area contributed by atoms with Crippen LogP contribution in [0.5, 0.6) is 5.75 Å². The van der Waals surface area contributed by atoms with Gasteiger partial charge in [-0.3, -0.25) is 0 Å². The van der Waals surface area contributed by atoms with E-state index >= 15 is 0 Å². The number of aromatic nitrogens is 3. The first-order valence-corrected chi connectivity index (χ1v) is 9.96. The lowest BCUT2D eigenvalue weighted by molar-refractivity contribution is 0.340. The van der Waals surface area contributed by atoms with Crippen LogP contribution in [0.15, 0.2) is 30.5 Å². The summed E-state index contributed by atoms with van der Waals surface area (Å²) in [6.45, 7) is 4.59. The van der Waals surface area contributed by atoms with Crippen LogP contribution in [0.2, 0.25) is 0 Å². The molecule has 5 N–H and O–H groups in total. The van der Waals surface area contributed by atoms with Crippen molar-refractivity contribution in [1.82, 2.24) is 14.6 Å². The number of anilines is 3. The average Bonchev–Trinajstić information content (AvgIpc) is 3.11. The molecule has 1 aliphatic carbocycles. The number of hydrogen-bond acceptors (Lipinski definition) is 6. The molecule has 0 aliphatic heterocycles. The lowest BCUT2D eigenvalue weighted by Gasteiger charge is -2.24. The molecular formula is C21H28N6O. The van der Waals surface area contributed by atoms with E-state index in [1.165, 1.54) is 0 Å². The summed E-state index contributed by atoms with van der Waals surface area (Å²) in [6, 6.07) is 8.20. The second kappa shape index (κ2) is 7.67. The molecule has 7 nitrogen and oxygen atoms in total. The first-order chi connectivity index (χ1) is 13.5. The zero-order chi connectivity index (χ0) is 19.7. The highest BCUT2D eigenvalue weighted by molar-refractivity contribution is 5.80. The van der Waals surface area contributed by atoms with E-state index in [1.54, 1.807) is 4.52 Å². The molecule has 1 aromatic carbocycles. The zero-order valence-electron chi connectivity index (χ0n) is 16.5. The second-order valence-corrected chi connectivity index (χ2v) is 7.51. The fourth-order valence-electron chi connectivity index (χ4n) is 3.83. The molecule has 3 aromatic rings. The Balaban J connectivity index is 1.67. The molecule has 1 saturated carbocycles. The summed E-state index contributed by atoms with van der Waals surface area (Å²) in [5.74, 6) is 1.78. The number of hydrogen-bond donors (Lipinski definition) is 3. The van der Waals surface area contributed by atoms with Gasteiger partial charge in [-0.25, -0.2) is 9.50 Å². The molecule has 2 aromatic heterocycles. The first-order valence-electron chi connectivity index (χ1n) is 9.96. The SMILES string of the molecule is CCOc1ccc(Nc2c(C)c(N)nn3cc([C@H]4CC[C@@H](N)CC4)nc23)cc1. The van der Waals surface area contributed by atoms with E-state index in [4.69, 9.17) is 21.2 Å². The second-order valence-electron chi connectivity index (χ2n) is 7.51. The quantitative estimate of drug-likeness (QED) is 0.623. The Morgan fingerprint density at radius 1 is 1.18 bits per heavy atom. The third kappa shape index (κ3) is 3.62. The van der Waals surface area contributed by atoms with Gasteiger partial charge in [0.2, 0.25) is 0 Å². The van der Waals surface area contributed by atoms with Crippen molar-refractivity contribution in [3.8, 4) is 5.75 Å². The molecule has 0 bridgehead atoms. The Labute approximate surface area is 165 Å². The molecule has 4 rings (SSSR count). The van der Waals surface area contributed by atoms with Crippen LogP contribution < -0.4 is 21.5 Å². The molecule has 1 aliphatic rings. The number of imidazole rings is 1. The fraction of sp³-hybridized carbons (Fsp3) is 0.429. The van der Waals surface area contributed by atoms with Crippen molar-refractivity contribution in [2.45, 2.75) is 51.5 Å². The first kappa shape index (κ1) is 18.6. The minimum Gasteiger partial charge on any atom is -0.494 e. The minimum absolute atomic E-state index is 0.321. The maximum Gasteiger partial charge on any atom is 0.177 e. The summed E-state index contributed by atoms with van der Waals surface area (Å²) >= 11 is 0. The smallest absolute Gasteiger partial charge is 0.177 e. The fourth-order valence-corrected chi connectivity index (χ4v) is 3.83. The van der Waals surface area contributed by atoms with Gasteiger partial charge in [-0.2, -0.15) is 0 Å². The third-order valence-corrected chi connectivity index (χ3v) is 5.53. The summed E-state index contributed by atoms with van der Waals surface area (Å²) in [5, 5.41) is 7.96. The monoisotopic (exact) mass is 380 g/mol. The van der Waals surface area contributed by atoms with E-state index in [0.29, 0.717) is 24.4 Å². The van der Waals surface area contributed by atoms with Crippen LogP contribution in [-0.4, -0.2) is 27.2 Å². The van der Waals surface area contributed by atoms with E-state index in [0.717, 1.165) is 59.7 Å². The van der Waals surface area contributed by atoms with Crippen LogP contribution in [0.25, 0.3) is 5.65 Å². The van der Waals surface area contributed by atoms with E-state index in [2.05, 4.69) is 10.4 Å². The predicted molar refractivity (Wildman–Crippen MR) is 112 cm³/mol. The highest BCUT2D eigenvalue weighted by Gasteiger charge is 2.23. The maximum atomic E-state index is 6.17. The number of benzene rings is 1. The summed E-state index contributed by atoms with van der Waals surface area (Å²) in [4.78, 5) is 4.92. The van der Waals surface area contributed by atoms with Gasteiger partial charge in [0.05, 0.1) is 24.2 Å². The van der Waals surface area contributed by atoms with Crippen molar-refractivity contribution >= 4 is 22.8 Å². The van der Waals surface area contributed by atoms with Crippen LogP contribution in [-0.2, 0) is 0 Å². The minimum atomic E-state index is 0.321. The standard InChI is InChI=1S/C21H28N6O/c1-3-28-17-10-8-16(9-11-17)24-19-13(2)20(23)26-27-12-18(25-21(19)27)14-4-6-15(22)7-5-14/h8-12,14-15,24H,3-7,22H2,1-2H3,(H2,23,26)/t14-,15+. The van der Waals surface area contributed by atoms with Gasteiger partial charge >= 0.3 is 0 Å². The molecule has 0 spiro atoms. The van der Waals surface area contributed by atoms with Gasteiger partial charge in [0, 0.05) is 23.2 Å². The molecule has 1 fully saturated rings. The number of rotatable bonds is 5. The van der Waals surface area contributed by atoms with Crippen LogP contribution in [0.4, 0.5) is 17.2 Å². The molecule has 0 atom stereocenters. The van der Waals surface area contributed by atoms with Gasteiger partial charge in [-0.15, -0.1) is 5.10 Å². The van der Waals surface area contributed by atoms with Crippen molar-refractivity contribution < 1.29 is 4.74 Å². The van der Waals surface area contributed by atoms with Gasteiger partial charge in [-0.05, 0) is 63.8 Å². The number of nitrogens with two attached hydrogens (primary N) is 2. The zero-order valence-corrected chi connectivity index (χ0v) is 16.5. The molecule has 0 radical (unpaired) electrons. The van der Waals surface area contributed by atoms with Crippen molar-refractivity contribution in [2.24, 2.45) is 5.73 Å². The molecule has 0 saturated heterocycles. The topological polar surface area (TPSA) is 103 Å². The van der Waals surface area contributed by atoms with Gasteiger partial charge in [0.25, 0.3) is 0 Å². The highest BCUT2D eigenvalue weighted by atomic mass is 16.5. The van der Waals surface area contributed by atoms with E-state index in [1.807, 2.05) is 44.3 Å². The third-order valence-electron chi connectivity index (χ3n) is 5.53. The van der Waals surface area contributed by atoms with Gasteiger partial charge < -0.3 is 21.5 Å². The molecule has 0 unspecified atom stereocenters. The maximum absolute atomic E-state index is 6.17. The van der Waals surface area contributed by atoms with Gasteiger partial charge in [0.1, 0.15) is 11.6 Å². The Morgan fingerprint density at radius 2 is 1.89 bits per heavy atom. The van der Waals surface area contributed by atoms with Crippen molar-refractivity contribution in [3.05, 3.63) is 41.7 Å².